The zero-order valence-corrected chi connectivity index (χ0v) is 21.3. The predicted octanol–water partition coefficient (Wildman–Crippen LogP) is 3.03. The average molecular weight is 490 g/mol. The van der Waals surface area contributed by atoms with Crippen molar-refractivity contribution in [1.82, 2.24) is 15.2 Å². The van der Waals surface area contributed by atoms with Crippen LogP contribution >= 0.6 is 0 Å². The largest absolute Gasteiger partial charge is 0.329 e. The van der Waals surface area contributed by atoms with E-state index in [0.717, 1.165) is 42.5 Å². The quantitative estimate of drug-likeness (QED) is 0.613. The highest BCUT2D eigenvalue weighted by molar-refractivity contribution is 6.06. The van der Waals surface area contributed by atoms with Crippen molar-refractivity contribution in [3.05, 3.63) is 53.2 Å². The van der Waals surface area contributed by atoms with E-state index in [9.17, 15) is 14.4 Å². The number of hydrogen-bond acceptors (Lipinski definition) is 5. The second kappa shape index (κ2) is 9.32. The Morgan fingerprint density at radius 3 is 2.78 bits per heavy atom. The minimum atomic E-state index is -0.642. The lowest BCUT2D eigenvalue weighted by Crippen LogP contribution is -2.51. The molecule has 0 radical (unpaired) electrons. The first kappa shape index (κ1) is 24.4. The van der Waals surface area contributed by atoms with Gasteiger partial charge in [0.05, 0.1) is 5.41 Å². The van der Waals surface area contributed by atoms with E-state index in [1.807, 2.05) is 51.1 Å². The molecule has 0 bridgehead atoms. The van der Waals surface area contributed by atoms with Gasteiger partial charge in [0.25, 0.3) is 0 Å². The molecule has 3 amide bonds. The number of hydrogen-bond donors (Lipinski definition) is 3. The van der Waals surface area contributed by atoms with Gasteiger partial charge in [0.1, 0.15) is 12.4 Å². The highest BCUT2D eigenvalue weighted by Gasteiger charge is 2.51. The van der Waals surface area contributed by atoms with Gasteiger partial charge in [0, 0.05) is 35.4 Å². The first-order valence-electron chi connectivity index (χ1n) is 12.9. The smallest absolute Gasteiger partial charge is 0.244 e. The number of amides is 3. The van der Waals surface area contributed by atoms with Crippen LogP contribution in [0.15, 0.2) is 36.5 Å². The Balaban J connectivity index is 1.32. The molecule has 1 saturated heterocycles. The van der Waals surface area contributed by atoms with Crippen LogP contribution in [-0.2, 0) is 32.6 Å². The lowest BCUT2D eigenvalue weighted by molar-refractivity contribution is -0.144. The molecule has 1 aromatic carbocycles. The number of rotatable bonds is 4. The van der Waals surface area contributed by atoms with Crippen LogP contribution in [0.3, 0.4) is 0 Å². The fraction of sp³-hybridized carbons (Fsp3) is 0.500. The van der Waals surface area contributed by atoms with E-state index < -0.39 is 10.8 Å². The van der Waals surface area contributed by atoms with E-state index in [-0.39, 0.29) is 30.3 Å². The summed E-state index contributed by atoms with van der Waals surface area (Å²) in [7, 11) is 0. The molecule has 1 aliphatic carbocycles. The van der Waals surface area contributed by atoms with E-state index in [1.165, 1.54) is 0 Å². The molecule has 5 rings (SSSR count). The van der Waals surface area contributed by atoms with Gasteiger partial charge in [0.2, 0.25) is 17.7 Å². The summed E-state index contributed by atoms with van der Waals surface area (Å²) in [4.78, 5) is 45.5. The number of carbonyl (C=O) groups excluding carboxylic acids is 3. The fourth-order valence-electron chi connectivity index (χ4n) is 5.76. The summed E-state index contributed by atoms with van der Waals surface area (Å²) in [5, 5.41) is 9.34. The molecule has 3 N–H and O–H groups in total. The number of anilines is 2. The van der Waals surface area contributed by atoms with Crippen molar-refractivity contribution in [3.63, 3.8) is 0 Å². The van der Waals surface area contributed by atoms with Crippen molar-refractivity contribution in [2.24, 2.45) is 5.41 Å². The van der Waals surface area contributed by atoms with Gasteiger partial charge in [-0.2, -0.15) is 0 Å². The summed E-state index contributed by atoms with van der Waals surface area (Å²) < 4.78 is 0. The zero-order chi connectivity index (χ0) is 25.5. The highest BCUT2D eigenvalue weighted by atomic mass is 16.2. The van der Waals surface area contributed by atoms with Crippen molar-refractivity contribution >= 4 is 29.2 Å². The number of carbonyl (C=O) groups is 3. The Labute approximate surface area is 212 Å². The highest BCUT2D eigenvalue weighted by Crippen LogP contribution is 2.46. The molecular weight excluding hydrogens is 454 g/mol. The number of fused-ring (bicyclic) bond motifs is 3. The predicted molar refractivity (Wildman–Crippen MR) is 139 cm³/mol. The molecule has 190 valence electrons. The van der Waals surface area contributed by atoms with Crippen LogP contribution in [0.4, 0.5) is 11.5 Å². The van der Waals surface area contributed by atoms with Gasteiger partial charge in [-0.05, 0) is 61.6 Å². The number of pyridine rings is 1. The number of benzene rings is 1. The number of aromatic nitrogens is 1. The number of nitrogens with zero attached hydrogens (tertiary/aromatic N) is 2. The Morgan fingerprint density at radius 2 is 1.97 bits per heavy atom. The van der Waals surface area contributed by atoms with E-state index in [4.69, 9.17) is 0 Å². The average Bonchev–Trinajstić information content (AvgIpc) is 3.19. The Hall–Kier alpha value is -3.26. The van der Waals surface area contributed by atoms with Crippen LogP contribution < -0.4 is 16.0 Å². The molecule has 36 heavy (non-hydrogen) atoms. The first-order valence-corrected chi connectivity index (χ1v) is 12.9. The summed E-state index contributed by atoms with van der Waals surface area (Å²) in [5.74, 6) is 0.395. The van der Waals surface area contributed by atoms with Crippen LogP contribution in [0.5, 0.6) is 0 Å². The lowest BCUT2D eigenvalue weighted by atomic mass is 9.79. The molecule has 1 spiro atoms. The van der Waals surface area contributed by atoms with Gasteiger partial charge in [-0.25, -0.2) is 4.98 Å². The zero-order valence-electron chi connectivity index (χ0n) is 21.3. The van der Waals surface area contributed by atoms with Gasteiger partial charge < -0.3 is 20.9 Å². The summed E-state index contributed by atoms with van der Waals surface area (Å²) in [6.07, 6.45) is 5.87. The summed E-state index contributed by atoms with van der Waals surface area (Å²) in [6, 6.07) is 9.68. The molecular formula is C28H35N5O3. The summed E-state index contributed by atoms with van der Waals surface area (Å²) in [5.41, 5.74) is 2.57. The standard InChI is InChI=1S/C28H35N5O3/c1-27(2,3)26(36)33(21-7-4-5-11-29-16-21)17-23(34)31-20-10-9-18-14-28(15-19(18)13-20)22-8-6-12-30-24(22)32-25(28)35/h6,8-10,12-13,21,29H,4-5,7,11,14-17H2,1-3H3,(H,31,34)(H,30,32,35). The maximum Gasteiger partial charge on any atom is 0.244 e. The summed E-state index contributed by atoms with van der Waals surface area (Å²) >= 11 is 0. The molecule has 3 heterocycles. The van der Waals surface area contributed by atoms with Gasteiger partial charge in [-0.1, -0.05) is 39.3 Å². The molecule has 1 aromatic heterocycles. The SMILES string of the molecule is CC(C)(C)C(=O)N(CC(=O)Nc1ccc2c(c1)CC1(C2)C(=O)Nc2ncccc21)C1CCCCNC1. The Morgan fingerprint density at radius 1 is 1.17 bits per heavy atom. The molecule has 2 atom stereocenters. The maximum absolute atomic E-state index is 13.3. The van der Waals surface area contributed by atoms with Crippen LogP contribution in [0, 0.1) is 5.41 Å². The summed E-state index contributed by atoms with van der Waals surface area (Å²) in [6.45, 7) is 7.35. The van der Waals surface area contributed by atoms with E-state index >= 15 is 0 Å². The van der Waals surface area contributed by atoms with Crippen LogP contribution in [-0.4, -0.2) is 53.3 Å². The monoisotopic (exact) mass is 489 g/mol. The molecule has 8 nitrogen and oxygen atoms in total. The van der Waals surface area contributed by atoms with Crippen molar-refractivity contribution in [3.8, 4) is 0 Å². The minimum Gasteiger partial charge on any atom is -0.329 e. The molecule has 0 saturated carbocycles. The van der Waals surface area contributed by atoms with Crippen molar-refractivity contribution < 1.29 is 14.4 Å². The lowest BCUT2D eigenvalue weighted by Gasteiger charge is -2.35. The third-order valence-corrected chi connectivity index (χ3v) is 7.64. The van der Waals surface area contributed by atoms with Gasteiger partial charge >= 0.3 is 0 Å². The minimum absolute atomic E-state index is 0.000546. The third-order valence-electron chi connectivity index (χ3n) is 7.64. The van der Waals surface area contributed by atoms with E-state index in [2.05, 4.69) is 20.9 Å². The second-order valence-corrected chi connectivity index (χ2v) is 11.4. The van der Waals surface area contributed by atoms with Crippen molar-refractivity contribution in [2.45, 2.75) is 64.3 Å². The van der Waals surface area contributed by atoms with E-state index in [1.54, 1.807) is 11.1 Å². The van der Waals surface area contributed by atoms with Crippen LogP contribution in [0.25, 0.3) is 0 Å². The van der Waals surface area contributed by atoms with Gasteiger partial charge in [-0.15, -0.1) is 0 Å². The Bertz CT molecular complexity index is 1200. The van der Waals surface area contributed by atoms with Gasteiger partial charge in [-0.3, -0.25) is 14.4 Å². The van der Waals surface area contributed by atoms with Crippen molar-refractivity contribution in [2.75, 3.05) is 30.3 Å². The molecule has 2 aliphatic heterocycles. The number of nitrogens with one attached hydrogen (secondary N) is 3. The second-order valence-electron chi connectivity index (χ2n) is 11.4. The van der Waals surface area contributed by atoms with Crippen LogP contribution in [0.1, 0.15) is 56.7 Å². The first-order chi connectivity index (χ1) is 17.2. The molecule has 2 aromatic rings. The topological polar surface area (TPSA) is 103 Å². The third kappa shape index (κ3) is 4.50. The molecule has 8 heteroatoms. The Kier molecular flexibility index (Phi) is 6.32. The van der Waals surface area contributed by atoms with Crippen molar-refractivity contribution in [1.29, 1.82) is 0 Å². The fourth-order valence-corrected chi connectivity index (χ4v) is 5.76. The molecule has 2 unspecified atom stereocenters. The van der Waals surface area contributed by atoms with Gasteiger partial charge in [0.15, 0.2) is 0 Å². The van der Waals surface area contributed by atoms with Crippen LogP contribution in [0.2, 0.25) is 0 Å². The maximum atomic E-state index is 13.3. The molecule has 1 fully saturated rings. The normalized spacial score (nSPS) is 23.0. The molecule has 3 aliphatic rings. The van der Waals surface area contributed by atoms with E-state index in [0.29, 0.717) is 30.9 Å².